The summed E-state index contributed by atoms with van der Waals surface area (Å²) in [5.41, 5.74) is 0.679. The summed E-state index contributed by atoms with van der Waals surface area (Å²) in [5, 5.41) is 31.0. The lowest BCUT2D eigenvalue weighted by Crippen LogP contribution is -2.29. The lowest BCUT2D eigenvalue weighted by molar-refractivity contribution is -0.192. The molecule has 0 saturated carbocycles. The van der Waals surface area contributed by atoms with Crippen molar-refractivity contribution in [2.24, 2.45) is 10.2 Å². The summed E-state index contributed by atoms with van der Waals surface area (Å²) in [6.07, 6.45) is 5.88. The molecular weight excluding hydrogens is 419 g/mol. The normalized spacial score (nSPS) is 15.1. The van der Waals surface area contributed by atoms with E-state index in [-0.39, 0.29) is 17.7 Å². The van der Waals surface area contributed by atoms with Gasteiger partial charge >= 0.3 is 12.1 Å². The Bertz CT molecular complexity index is 911. The van der Waals surface area contributed by atoms with Crippen molar-refractivity contribution in [3.05, 3.63) is 30.0 Å². The van der Waals surface area contributed by atoms with Crippen LogP contribution in [0.3, 0.4) is 0 Å². The summed E-state index contributed by atoms with van der Waals surface area (Å²) in [7, 11) is 0. The second-order valence-electron chi connectivity index (χ2n) is 6.96. The van der Waals surface area contributed by atoms with Gasteiger partial charge in [-0.25, -0.2) is 9.48 Å². The van der Waals surface area contributed by atoms with Crippen LogP contribution in [0.4, 0.5) is 13.2 Å². The highest BCUT2D eigenvalue weighted by atomic mass is 19.4. The minimum Gasteiger partial charge on any atom is -0.475 e. The fourth-order valence-corrected chi connectivity index (χ4v) is 2.64. The second kappa shape index (κ2) is 10.2. The summed E-state index contributed by atoms with van der Waals surface area (Å²) in [5.74, 6) is 0.646. The van der Waals surface area contributed by atoms with E-state index < -0.39 is 12.1 Å². The van der Waals surface area contributed by atoms with Gasteiger partial charge in [0.05, 0.1) is 24.6 Å². The molecule has 2 aromatic rings. The van der Waals surface area contributed by atoms with Crippen LogP contribution in [0.2, 0.25) is 0 Å². The molecule has 0 aromatic carbocycles. The van der Waals surface area contributed by atoms with Crippen LogP contribution in [0.25, 0.3) is 0 Å². The van der Waals surface area contributed by atoms with Crippen LogP contribution < -0.4 is 5.32 Å². The second-order valence-corrected chi connectivity index (χ2v) is 6.96. The van der Waals surface area contributed by atoms with Crippen LogP contribution in [0.1, 0.15) is 56.6 Å². The highest BCUT2D eigenvalue weighted by Gasteiger charge is 2.39. The summed E-state index contributed by atoms with van der Waals surface area (Å²) in [6.45, 7) is 4.81. The maximum atomic E-state index is 10.6. The molecule has 3 rings (SSSR count). The van der Waals surface area contributed by atoms with Crippen molar-refractivity contribution in [1.82, 2.24) is 25.5 Å². The van der Waals surface area contributed by atoms with Gasteiger partial charge in [-0.1, -0.05) is 0 Å². The average Bonchev–Trinajstić information content (AvgIpc) is 3.11. The fraction of sp³-hybridized carbons (Fsp3) is 0.556. The molecule has 168 valence electrons. The number of alkyl halides is 3. The summed E-state index contributed by atoms with van der Waals surface area (Å²) < 4.78 is 38.8. The van der Waals surface area contributed by atoms with Crippen molar-refractivity contribution in [2.75, 3.05) is 6.54 Å². The molecule has 1 aliphatic rings. The summed E-state index contributed by atoms with van der Waals surface area (Å²) in [4.78, 5) is 8.90. The fourth-order valence-electron chi connectivity index (χ4n) is 2.64. The Morgan fingerprint density at radius 2 is 2.06 bits per heavy atom. The number of hydrogen-bond acceptors (Lipinski definition) is 8. The number of carbonyl (C=O) groups is 1. The van der Waals surface area contributed by atoms with Gasteiger partial charge in [-0.2, -0.15) is 23.4 Å². The standard InChI is InChI=1S/C16H21N7O.C2HF3O2/c1-4-5-7-16(19-20-16)8-9-17-14(13-6-10-24-11-13)15-18-21-22-23(15)12(2)3;3-2(4,5)1(6)7/h1,6,10-12,14,17H,5,7-9H2,2-3H3;(H,6,7). The zero-order valence-electron chi connectivity index (χ0n) is 16.9. The third-order valence-electron chi connectivity index (χ3n) is 4.31. The molecule has 0 aliphatic carbocycles. The number of nitrogens with one attached hydrogen (secondary N) is 1. The van der Waals surface area contributed by atoms with Gasteiger partial charge in [0.1, 0.15) is 0 Å². The molecule has 0 spiro atoms. The Kier molecular flexibility index (Phi) is 7.87. The first-order valence-corrected chi connectivity index (χ1v) is 9.30. The number of terminal acetylenes is 1. The monoisotopic (exact) mass is 441 g/mol. The van der Waals surface area contributed by atoms with Crippen molar-refractivity contribution in [2.45, 2.75) is 57.0 Å². The Morgan fingerprint density at radius 3 is 2.55 bits per heavy atom. The van der Waals surface area contributed by atoms with Crippen LogP contribution in [0, 0.1) is 12.3 Å². The number of aliphatic carboxylic acids is 1. The average molecular weight is 441 g/mol. The first-order valence-electron chi connectivity index (χ1n) is 9.30. The third-order valence-corrected chi connectivity index (χ3v) is 4.31. The molecule has 10 nitrogen and oxygen atoms in total. The van der Waals surface area contributed by atoms with E-state index in [0.717, 1.165) is 30.8 Å². The van der Waals surface area contributed by atoms with Crippen LogP contribution in [-0.2, 0) is 4.79 Å². The molecule has 0 bridgehead atoms. The van der Waals surface area contributed by atoms with E-state index in [9.17, 15) is 13.2 Å². The van der Waals surface area contributed by atoms with Crippen LogP contribution >= 0.6 is 0 Å². The Labute approximate surface area is 175 Å². The van der Waals surface area contributed by atoms with Gasteiger partial charge in [0, 0.05) is 31.4 Å². The highest BCUT2D eigenvalue weighted by Crippen LogP contribution is 2.36. The van der Waals surface area contributed by atoms with E-state index in [2.05, 4.69) is 37.0 Å². The summed E-state index contributed by atoms with van der Waals surface area (Å²) >= 11 is 0. The van der Waals surface area contributed by atoms with Gasteiger partial charge in [0.15, 0.2) is 11.5 Å². The number of halogens is 3. The van der Waals surface area contributed by atoms with Crippen molar-refractivity contribution >= 4 is 5.97 Å². The first kappa shape index (κ1) is 24.0. The van der Waals surface area contributed by atoms with Crippen molar-refractivity contribution < 1.29 is 27.5 Å². The third kappa shape index (κ3) is 6.88. The number of furan rings is 1. The number of hydrogen-bond donors (Lipinski definition) is 2. The molecular formula is C18H22F3N7O3. The molecule has 0 amide bonds. The van der Waals surface area contributed by atoms with Crippen molar-refractivity contribution in [3.8, 4) is 12.3 Å². The molecule has 0 radical (unpaired) electrons. The van der Waals surface area contributed by atoms with E-state index in [0.29, 0.717) is 6.42 Å². The van der Waals surface area contributed by atoms with E-state index >= 15 is 0 Å². The topological polar surface area (TPSA) is 131 Å². The van der Waals surface area contributed by atoms with Crippen molar-refractivity contribution in [3.63, 3.8) is 0 Å². The molecule has 2 N–H and O–H groups in total. The number of nitrogens with zero attached hydrogens (tertiary/aromatic N) is 6. The minimum absolute atomic E-state index is 0.149. The Morgan fingerprint density at radius 1 is 1.39 bits per heavy atom. The smallest absolute Gasteiger partial charge is 0.475 e. The predicted molar refractivity (Wildman–Crippen MR) is 101 cm³/mol. The molecule has 13 heteroatoms. The van der Waals surface area contributed by atoms with Gasteiger partial charge in [0.25, 0.3) is 0 Å². The SMILES string of the molecule is C#CCCC1(CCNC(c2ccoc2)c2nnnn2C(C)C)N=N1.O=C(O)C(F)(F)F. The molecule has 1 atom stereocenters. The molecule has 1 aliphatic heterocycles. The number of aromatic nitrogens is 4. The Hall–Kier alpha value is -3.27. The molecule has 2 aromatic heterocycles. The summed E-state index contributed by atoms with van der Waals surface area (Å²) in [6, 6.07) is 1.93. The quantitative estimate of drug-likeness (QED) is 0.572. The predicted octanol–water partition coefficient (Wildman–Crippen LogP) is 3.12. The minimum atomic E-state index is -5.08. The van der Waals surface area contributed by atoms with E-state index in [1.54, 1.807) is 12.5 Å². The number of carboxylic acid groups (broad SMARTS) is 1. The van der Waals surface area contributed by atoms with Gasteiger partial charge < -0.3 is 14.8 Å². The van der Waals surface area contributed by atoms with Gasteiger partial charge in [-0.15, -0.1) is 17.4 Å². The molecule has 1 unspecified atom stereocenters. The molecule has 31 heavy (non-hydrogen) atoms. The molecule has 0 fully saturated rings. The van der Waals surface area contributed by atoms with Crippen molar-refractivity contribution in [1.29, 1.82) is 0 Å². The molecule has 0 saturated heterocycles. The number of carboxylic acids is 1. The van der Waals surface area contributed by atoms with Crippen LogP contribution in [0.5, 0.6) is 0 Å². The lowest BCUT2D eigenvalue weighted by atomic mass is 10.0. The number of tetrazole rings is 1. The van der Waals surface area contributed by atoms with Gasteiger partial charge in [-0.3, -0.25) is 0 Å². The van der Waals surface area contributed by atoms with E-state index in [1.165, 1.54) is 0 Å². The Balaban J connectivity index is 0.000000423. The van der Waals surface area contributed by atoms with Gasteiger partial charge in [-0.05, 0) is 30.3 Å². The maximum Gasteiger partial charge on any atom is 0.490 e. The lowest BCUT2D eigenvalue weighted by Gasteiger charge is -2.19. The van der Waals surface area contributed by atoms with Gasteiger partial charge in [0.2, 0.25) is 0 Å². The largest absolute Gasteiger partial charge is 0.490 e. The first-order chi connectivity index (χ1) is 14.6. The highest BCUT2D eigenvalue weighted by molar-refractivity contribution is 5.73. The van der Waals surface area contributed by atoms with Crippen LogP contribution in [-0.4, -0.2) is 49.7 Å². The zero-order valence-corrected chi connectivity index (χ0v) is 16.9. The number of rotatable bonds is 9. The van der Waals surface area contributed by atoms with E-state index in [1.807, 2.05) is 24.6 Å². The zero-order chi connectivity index (χ0) is 23.1. The van der Waals surface area contributed by atoms with Crippen LogP contribution in [0.15, 0.2) is 33.2 Å². The maximum absolute atomic E-state index is 10.6. The van der Waals surface area contributed by atoms with E-state index in [4.69, 9.17) is 20.7 Å². The molecule has 3 heterocycles.